The maximum atomic E-state index is 12.9. The number of carbonyl (C=O) groups is 3. The van der Waals surface area contributed by atoms with Gasteiger partial charge in [-0.1, -0.05) is 32.9 Å². The lowest BCUT2D eigenvalue weighted by Crippen LogP contribution is -2.55. The fourth-order valence-electron chi connectivity index (χ4n) is 2.76. The zero-order chi connectivity index (χ0) is 21.0. The number of hydrogen-bond donors (Lipinski definition) is 2. The molecule has 0 aliphatic heterocycles. The van der Waals surface area contributed by atoms with Crippen molar-refractivity contribution in [3.63, 3.8) is 0 Å². The number of aliphatic carboxylic acids is 1. The highest BCUT2D eigenvalue weighted by molar-refractivity contribution is 5.90. The molecule has 0 radical (unpaired) electrons. The molecule has 0 aromatic heterocycles. The first-order valence-corrected chi connectivity index (χ1v) is 9.53. The summed E-state index contributed by atoms with van der Waals surface area (Å²) in [7, 11) is 1.72. The van der Waals surface area contributed by atoms with E-state index in [0.717, 1.165) is 19.3 Å². The predicted octanol–water partition coefficient (Wildman–Crippen LogP) is 3.39. The Labute approximate surface area is 163 Å². The van der Waals surface area contributed by atoms with Gasteiger partial charge in [0.2, 0.25) is 11.8 Å². The van der Waals surface area contributed by atoms with E-state index < -0.39 is 23.3 Å². The van der Waals surface area contributed by atoms with Crippen molar-refractivity contribution in [3.05, 3.63) is 25.3 Å². The van der Waals surface area contributed by atoms with Crippen LogP contribution in [0.3, 0.4) is 0 Å². The van der Waals surface area contributed by atoms with Gasteiger partial charge in [0.25, 0.3) is 0 Å². The van der Waals surface area contributed by atoms with Gasteiger partial charge in [-0.2, -0.15) is 0 Å². The lowest BCUT2D eigenvalue weighted by Gasteiger charge is -2.34. The molecular weight excluding hydrogens is 344 g/mol. The van der Waals surface area contributed by atoms with Crippen LogP contribution < -0.4 is 5.32 Å². The van der Waals surface area contributed by atoms with Crippen LogP contribution in [0, 0.1) is 11.3 Å². The zero-order valence-corrected chi connectivity index (χ0v) is 17.3. The topological polar surface area (TPSA) is 86.7 Å². The van der Waals surface area contributed by atoms with Crippen molar-refractivity contribution < 1.29 is 19.5 Å². The van der Waals surface area contributed by atoms with Gasteiger partial charge in [0.05, 0.1) is 6.42 Å². The van der Waals surface area contributed by atoms with Crippen molar-refractivity contribution in [1.29, 1.82) is 0 Å². The van der Waals surface area contributed by atoms with Crippen LogP contribution in [0.1, 0.15) is 59.3 Å². The van der Waals surface area contributed by atoms with Crippen LogP contribution >= 0.6 is 0 Å². The van der Waals surface area contributed by atoms with Crippen LogP contribution in [0.25, 0.3) is 0 Å². The van der Waals surface area contributed by atoms with Crippen LogP contribution in [0.4, 0.5) is 0 Å². The Morgan fingerprint density at radius 2 is 1.67 bits per heavy atom. The van der Waals surface area contributed by atoms with Crippen molar-refractivity contribution in [1.82, 2.24) is 10.2 Å². The zero-order valence-electron chi connectivity index (χ0n) is 17.3. The first-order chi connectivity index (χ1) is 12.5. The van der Waals surface area contributed by atoms with Crippen LogP contribution in [0.15, 0.2) is 25.3 Å². The number of carboxylic acids is 1. The van der Waals surface area contributed by atoms with Crippen molar-refractivity contribution >= 4 is 17.8 Å². The smallest absolute Gasteiger partial charge is 0.304 e. The number of allylic oxidation sites excluding steroid dienone is 2. The van der Waals surface area contributed by atoms with Crippen molar-refractivity contribution in [2.24, 2.45) is 11.3 Å². The summed E-state index contributed by atoms with van der Waals surface area (Å²) in [5, 5.41) is 11.9. The lowest BCUT2D eigenvalue weighted by atomic mass is 9.85. The molecule has 0 saturated heterocycles. The molecule has 2 amide bonds. The maximum Gasteiger partial charge on any atom is 0.304 e. The number of carbonyl (C=O) groups excluding carboxylic acids is 2. The van der Waals surface area contributed by atoms with Gasteiger partial charge < -0.3 is 15.3 Å². The molecule has 0 saturated carbocycles. The summed E-state index contributed by atoms with van der Waals surface area (Å²) >= 11 is 0. The highest BCUT2D eigenvalue weighted by atomic mass is 16.4. The largest absolute Gasteiger partial charge is 0.481 e. The van der Waals surface area contributed by atoms with Crippen LogP contribution in [0.2, 0.25) is 0 Å². The Bertz CT molecular complexity index is 523. The summed E-state index contributed by atoms with van der Waals surface area (Å²) in [5.74, 6) is -2.23. The molecule has 2 N–H and O–H groups in total. The van der Waals surface area contributed by atoms with Gasteiger partial charge in [0, 0.05) is 19.5 Å². The number of unbranched alkanes of at least 4 members (excludes halogenated alkanes) is 2. The third-order valence-corrected chi connectivity index (χ3v) is 4.43. The SMILES string of the molecule is C=CCCC[C@H](CC(=O)O)C(=O)N[C@H](C(=O)N(C)CCCC=C)C(C)(C)C. The minimum absolute atomic E-state index is 0.167. The predicted molar refractivity (Wildman–Crippen MR) is 108 cm³/mol. The third-order valence-electron chi connectivity index (χ3n) is 4.43. The molecule has 0 aliphatic rings. The molecule has 154 valence electrons. The summed E-state index contributed by atoms with van der Waals surface area (Å²) in [6, 6.07) is -0.713. The first kappa shape index (κ1) is 24.9. The number of nitrogens with zero attached hydrogens (tertiary/aromatic N) is 1. The Morgan fingerprint density at radius 1 is 1.11 bits per heavy atom. The minimum atomic E-state index is -1.02. The molecule has 0 aliphatic carbocycles. The fraction of sp³-hybridized carbons (Fsp3) is 0.667. The van der Waals surface area contributed by atoms with E-state index in [2.05, 4.69) is 18.5 Å². The molecule has 0 fully saturated rings. The first-order valence-electron chi connectivity index (χ1n) is 9.53. The van der Waals surface area contributed by atoms with E-state index in [-0.39, 0.29) is 18.2 Å². The molecule has 0 rings (SSSR count). The molecule has 27 heavy (non-hydrogen) atoms. The number of likely N-dealkylation sites (N-methyl/N-ethyl adjacent to an activating group) is 1. The minimum Gasteiger partial charge on any atom is -0.481 e. The molecule has 0 heterocycles. The van der Waals surface area contributed by atoms with E-state index in [4.69, 9.17) is 5.11 Å². The Hall–Kier alpha value is -2.11. The van der Waals surface area contributed by atoms with Crippen molar-refractivity contribution in [3.8, 4) is 0 Å². The summed E-state index contributed by atoms with van der Waals surface area (Å²) in [4.78, 5) is 38.4. The van der Waals surface area contributed by atoms with E-state index in [9.17, 15) is 14.4 Å². The molecular formula is C21H36N2O4. The Balaban J connectivity index is 5.19. The van der Waals surface area contributed by atoms with Crippen LogP contribution in [-0.4, -0.2) is 47.4 Å². The monoisotopic (exact) mass is 380 g/mol. The fourth-order valence-corrected chi connectivity index (χ4v) is 2.76. The lowest BCUT2D eigenvalue weighted by molar-refractivity contribution is -0.143. The highest BCUT2D eigenvalue weighted by Crippen LogP contribution is 2.23. The standard InChI is InChI=1S/C21H36N2O4/c1-7-9-11-13-16(15-17(24)25)19(26)22-18(21(3,4)5)20(27)23(6)14-12-10-8-2/h7-8,16,18H,1-2,9-15H2,3-6H3,(H,22,26)(H,24,25)/t16-,18-/m1/s1. The number of carboxylic acid groups (broad SMARTS) is 1. The van der Waals surface area contributed by atoms with E-state index in [1.54, 1.807) is 24.1 Å². The highest BCUT2D eigenvalue weighted by Gasteiger charge is 2.36. The van der Waals surface area contributed by atoms with Crippen LogP contribution in [-0.2, 0) is 14.4 Å². The number of hydrogen-bond acceptors (Lipinski definition) is 3. The maximum absolute atomic E-state index is 12.9. The molecule has 0 bridgehead atoms. The number of nitrogens with one attached hydrogen (secondary N) is 1. The third kappa shape index (κ3) is 9.97. The summed E-state index contributed by atoms with van der Waals surface area (Å²) < 4.78 is 0. The van der Waals surface area contributed by atoms with Crippen molar-refractivity contribution in [2.75, 3.05) is 13.6 Å². The van der Waals surface area contributed by atoms with Gasteiger partial charge in [-0.25, -0.2) is 0 Å². The van der Waals surface area contributed by atoms with Crippen molar-refractivity contribution in [2.45, 2.75) is 65.3 Å². The van der Waals surface area contributed by atoms with Crippen LogP contribution in [0.5, 0.6) is 0 Å². The summed E-state index contributed by atoms with van der Waals surface area (Å²) in [6.45, 7) is 13.6. The number of rotatable bonds is 13. The second-order valence-electron chi connectivity index (χ2n) is 8.01. The molecule has 0 unspecified atom stereocenters. The normalized spacial score (nSPS) is 13.3. The second kappa shape index (κ2) is 12.3. The Kier molecular flexibility index (Phi) is 11.3. The van der Waals surface area contributed by atoms with Gasteiger partial charge in [0.1, 0.15) is 6.04 Å². The molecule has 0 aromatic carbocycles. The second-order valence-corrected chi connectivity index (χ2v) is 8.01. The van der Waals surface area contributed by atoms with E-state index in [1.165, 1.54) is 0 Å². The van der Waals surface area contributed by atoms with E-state index in [0.29, 0.717) is 19.4 Å². The molecule has 2 atom stereocenters. The van der Waals surface area contributed by atoms with Gasteiger partial charge in [-0.15, -0.1) is 13.2 Å². The molecule has 6 heteroatoms. The quantitative estimate of drug-likeness (QED) is 0.379. The van der Waals surface area contributed by atoms with Gasteiger partial charge in [-0.05, 0) is 37.5 Å². The van der Waals surface area contributed by atoms with Gasteiger partial charge >= 0.3 is 5.97 Å². The Morgan fingerprint density at radius 3 is 2.15 bits per heavy atom. The van der Waals surface area contributed by atoms with Gasteiger partial charge in [-0.3, -0.25) is 14.4 Å². The van der Waals surface area contributed by atoms with E-state index in [1.807, 2.05) is 20.8 Å². The molecule has 6 nitrogen and oxygen atoms in total. The summed E-state index contributed by atoms with van der Waals surface area (Å²) in [6.07, 6.45) is 6.78. The summed E-state index contributed by atoms with van der Waals surface area (Å²) in [5.41, 5.74) is -0.492. The van der Waals surface area contributed by atoms with E-state index >= 15 is 0 Å². The molecule has 0 aromatic rings. The average molecular weight is 381 g/mol. The van der Waals surface area contributed by atoms with Gasteiger partial charge in [0.15, 0.2) is 0 Å². The molecule has 0 spiro atoms. The average Bonchev–Trinajstić information content (AvgIpc) is 2.56. The number of amides is 2.